The average molecular weight is 415 g/mol. The van der Waals surface area contributed by atoms with Gasteiger partial charge < -0.3 is 24.4 Å². The Kier molecular flexibility index (Phi) is 7.20. The summed E-state index contributed by atoms with van der Waals surface area (Å²) in [6, 6.07) is 13.2. The summed E-state index contributed by atoms with van der Waals surface area (Å²) in [6.07, 6.45) is 2.04. The zero-order valence-electron chi connectivity index (χ0n) is 17.6. The number of anilines is 1. The van der Waals surface area contributed by atoms with Crippen LogP contribution in [-0.2, 0) is 16.1 Å². The van der Waals surface area contributed by atoms with Gasteiger partial charge in [-0.05, 0) is 54.8 Å². The maximum Gasteiger partial charge on any atom is 0.142 e. The first-order chi connectivity index (χ1) is 14.7. The monoisotopic (exact) mass is 414 g/mol. The second kappa shape index (κ2) is 10.2. The summed E-state index contributed by atoms with van der Waals surface area (Å²) in [6.45, 7) is 5.61. The zero-order chi connectivity index (χ0) is 20.8. The molecule has 6 heteroatoms. The van der Waals surface area contributed by atoms with Crippen molar-refractivity contribution < 1.29 is 18.6 Å². The highest BCUT2D eigenvalue weighted by atomic mass is 19.1. The summed E-state index contributed by atoms with van der Waals surface area (Å²) in [5.41, 5.74) is 3.42. The molecule has 1 unspecified atom stereocenters. The molecule has 162 valence electrons. The highest BCUT2D eigenvalue weighted by molar-refractivity contribution is 5.61. The highest BCUT2D eigenvalue weighted by Crippen LogP contribution is 2.34. The molecule has 1 saturated heterocycles. The van der Waals surface area contributed by atoms with Crippen molar-refractivity contribution >= 4 is 5.69 Å². The van der Waals surface area contributed by atoms with Gasteiger partial charge >= 0.3 is 0 Å². The second-order valence-corrected chi connectivity index (χ2v) is 7.98. The third-order valence-electron chi connectivity index (χ3n) is 5.95. The third kappa shape index (κ3) is 5.12. The van der Waals surface area contributed by atoms with Crippen LogP contribution in [-0.4, -0.2) is 52.6 Å². The molecule has 0 aromatic heterocycles. The van der Waals surface area contributed by atoms with Gasteiger partial charge in [-0.15, -0.1) is 0 Å². The first-order valence-electron chi connectivity index (χ1n) is 10.8. The van der Waals surface area contributed by atoms with Crippen LogP contribution in [0.25, 0.3) is 0 Å². The van der Waals surface area contributed by atoms with E-state index in [1.165, 1.54) is 12.1 Å². The van der Waals surface area contributed by atoms with Crippen molar-refractivity contribution in [2.45, 2.75) is 31.5 Å². The lowest BCUT2D eigenvalue weighted by Gasteiger charge is -2.33. The number of hydrogen-bond donors (Lipinski definition) is 1. The van der Waals surface area contributed by atoms with Crippen LogP contribution in [0, 0.1) is 5.82 Å². The van der Waals surface area contributed by atoms with Crippen LogP contribution in [0.3, 0.4) is 0 Å². The van der Waals surface area contributed by atoms with Crippen LogP contribution >= 0.6 is 0 Å². The van der Waals surface area contributed by atoms with Crippen molar-refractivity contribution in [1.29, 1.82) is 0 Å². The molecule has 2 atom stereocenters. The molecular weight excluding hydrogens is 383 g/mol. The SMILES string of the molecule is COCCCN1CCOc2ccc(CO[C@H]3CNCCC3c3ccc(F)cc3)cc21. The summed E-state index contributed by atoms with van der Waals surface area (Å²) in [5.74, 6) is 1.01. The van der Waals surface area contributed by atoms with Gasteiger partial charge in [-0.25, -0.2) is 4.39 Å². The van der Waals surface area contributed by atoms with Crippen molar-refractivity contribution in [3.63, 3.8) is 0 Å². The van der Waals surface area contributed by atoms with Gasteiger partial charge in [0.25, 0.3) is 0 Å². The minimum absolute atomic E-state index is 0.0642. The van der Waals surface area contributed by atoms with E-state index in [1.807, 2.05) is 18.2 Å². The van der Waals surface area contributed by atoms with E-state index in [9.17, 15) is 4.39 Å². The topological polar surface area (TPSA) is 43.0 Å². The predicted molar refractivity (Wildman–Crippen MR) is 116 cm³/mol. The van der Waals surface area contributed by atoms with Crippen LogP contribution in [0.15, 0.2) is 42.5 Å². The summed E-state index contributed by atoms with van der Waals surface area (Å²) in [4.78, 5) is 2.37. The Morgan fingerprint density at radius 2 is 2.07 bits per heavy atom. The third-order valence-corrected chi connectivity index (χ3v) is 5.95. The quantitative estimate of drug-likeness (QED) is 0.667. The summed E-state index contributed by atoms with van der Waals surface area (Å²) < 4.78 is 30.7. The van der Waals surface area contributed by atoms with Gasteiger partial charge in [-0.3, -0.25) is 0 Å². The fourth-order valence-corrected chi connectivity index (χ4v) is 4.34. The van der Waals surface area contributed by atoms with Gasteiger partial charge in [0.1, 0.15) is 18.2 Å². The summed E-state index contributed by atoms with van der Waals surface area (Å²) >= 11 is 0. The van der Waals surface area contributed by atoms with Crippen LogP contribution in [0.4, 0.5) is 10.1 Å². The first-order valence-corrected chi connectivity index (χ1v) is 10.8. The minimum Gasteiger partial charge on any atom is -0.490 e. The Morgan fingerprint density at radius 3 is 2.90 bits per heavy atom. The number of piperidine rings is 1. The lowest BCUT2D eigenvalue weighted by Crippen LogP contribution is -2.41. The Balaban J connectivity index is 1.42. The standard InChI is InChI=1S/C24H31FN2O3/c1-28-13-2-11-27-12-14-29-23-8-3-18(15-22(23)27)17-30-24-16-26-10-9-21(24)19-4-6-20(25)7-5-19/h3-8,15,21,24,26H,2,9-14,16-17H2,1H3/t21?,24-/m0/s1. The normalized spacial score (nSPS) is 21.2. The van der Waals surface area contributed by atoms with E-state index < -0.39 is 0 Å². The number of methoxy groups -OCH3 is 1. The van der Waals surface area contributed by atoms with Crippen molar-refractivity contribution in [2.75, 3.05) is 51.4 Å². The maximum atomic E-state index is 13.3. The molecule has 4 rings (SSSR count). The lowest BCUT2D eigenvalue weighted by atomic mass is 9.88. The molecule has 0 bridgehead atoms. The number of benzene rings is 2. The van der Waals surface area contributed by atoms with E-state index in [1.54, 1.807) is 7.11 Å². The van der Waals surface area contributed by atoms with Crippen molar-refractivity contribution in [3.8, 4) is 5.75 Å². The Hall–Kier alpha value is -2.15. The first kappa shape index (κ1) is 21.1. The largest absolute Gasteiger partial charge is 0.490 e. The van der Waals surface area contributed by atoms with Crippen LogP contribution in [0.2, 0.25) is 0 Å². The number of nitrogens with zero attached hydrogens (tertiary/aromatic N) is 1. The molecule has 2 aliphatic rings. The molecule has 2 aromatic rings. The average Bonchev–Trinajstić information content (AvgIpc) is 2.79. The van der Waals surface area contributed by atoms with Crippen LogP contribution in [0.5, 0.6) is 5.75 Å². The van der Waals surface area contributed by atoms with Gasteiger partial charge in [-0.1, -0.05) is 18.2 Å². The molecule has 0 amide bonds. The molecule has 2 aliphatic heterocycles. The van der Waals surface area contributed by atoms with Gasteiger partial charge in [-0.2, -0.15) is 0 Å². The van der Waals surface area contributed by atoms with E-state index in [-0.39, 0.29) is 17.8 Å². The molecule has 5 nitrogen and oxygen atoms in total. The Bertz CT molecular complexity index is 815. The molecule has 1 fully saturated rings. The number of rotatable bonds is 8. The smallest absolute Gasteiger partial charge is 0.142 e. The van der Waals surface area contributed by atoms with E-state index in [2.05, 4.69) is 22.3 Å². The molecule has 0 aliphatic carbocycles. The number of hydrogen-bond acceptors (Lipinski definition) is 5. The molecule has 1 N–H and O–H groups in total. The van der Waals surface area contributed by atoms with Crippen molar-refractivity contribution in [1.82, 2.24) is 5.32 Å². The molecule has 0 saturated carbocycles. The number of fused-ring (bicyclic) bond motifs is 1. The van der Waals surface area contributed by atoms with Crippen molar-refractivity contribution in [2.24, 2.45) is 0 Å². The Labute approximate surface area is 178 Å². The highest BCUT2D eigenvalue weighted by Gasteiger charge is 2.27. The minimum atomic E-state index is -0.198. The second-order valence-electron chi connectivity index (χ2n) is 7.98. The lowest BCUT2D eigenvalue weighted by molar-refractivity contribution is 0.0106. The van der Waals surface area contributed by atoms with E-state index >= 15 is 0 Å². The number of nitrogens with one attached hydrogen (secondary N) is 1. The summed E-state index contributed by atoms with van der Waals surface area (Å²) in [5, 5.41) is 3.43. The van der Waals surface area contributed by atoms with Crippen LogP contribution < -0.4 is 15.0 Å². The van der Waals surface area contributed by atoms with Crippen molar-refractivity contribution in [3.05, 3.63) is 59.4 Å². The van der Waals surface area contributed by atoms with Gasteiger partial charge in [0.15, 0.2) is 0 Å². The molecular formula is C24H31FN2O3. The number of ether oxygens (including phenoxy) is 3. The van der Waals surface area contributed by atoms with E-state index in [0.29, 0.717) is 13.2 Å². The maximum absolute atomic E-state index is 13.3. The molecule has 0 radical (unpaired) electrons. The predicted octanol–water partition coefficient (Wildman–Crippen LogP) is 3.72. The number of halogens is 1. The Morgan fingerprint density at radius 1 is 1.20 bits per heavy atom. The summed E-state index contributed by atoms with van der Waals surface area (Å²) in [7, 11) is 1.74. The molecule has 30 heavy (non-hydrogen) atoms. The fourth-order valence-electron chi connectivity index (χ4n) is 4.34. The molecule has 2 heterocycles. The van der Waals surface area contributed by atoms with Gasteiger partial charge in [0, 0.05) is 32.7 Å². The molecule has 0 spiro atoms. The van der Waals surface area contributed by atoms with Gasteiger partial charge in [0.05, 0.1) is 24.9 Å². The zero-order valence-corrected chi connectivity index (χ0v) is 17.6. The molecule has 2 aromatic carbocycles. The van der Waals surface area contributed by atoms with E-state index in [4.69, 9.17) is 14.2 Å². The van der Waals surface area contributed by atoms with Crippen LogP contribution in [0.1, 0.15) is 29.9 Å². The van der Waals surface area contributed by atoms with Gasteiger partial charge in [0.2, 0.25) is 0 Å². The fraction of sp³-hybridized carbons (Fsp3) is 0.500. The van der Waals surface area contributed by atoms with E-state index in [0.717, 1.165) is 68.2 Å².